The lowest BCUT2D eigenvalue weighted by Gasteiger charge is -2.37. The van der Waals surface area contributed by atoms with E-state index in [-0.39, 0.29) is 23.3 Å². The third kappa shape index (κ3) is 5.77. The fourth-order valence-electron chi connectivity index (χ4n) is 4.77. The summed E-state index contributed by atoms with van der Waals surface area (Å²) in [5.41, 5.74) is 0.290. The molecular weight excluding hydrogens is 441 g/mol. The first-order valence-corrected chi connectivity index (χ1v) is 12.1. The van der Waals surface area contributed by atoms with Gasteiger partial charge in [-0.3, -0.25) is 4.79 Å². The minimum Gasteiger partial charge on any atom is -0.341 e. The highest BCUT2D eigenvalue weighted by atomic mass is 19.4. The summed E-state index contributed by atoms with van der Waals surface area (Å²) >= 11 is 0. The number of nitrogens with zero attached hydrogens (tertiary/aromatic N) is 4. The molecule has 2 fully saturated rings. The summed E-state index contributed by atoms with van der Waals surface area (Å²) in [5, 5.41) is 0. The fraction of sp³-hybridized carbons (Fsp3) is 0.577. The van der Waals surface area contributed by atoms with Gasteiger partial charge in [0.1, 0.15) is 5.69 Å². The zero-order valence-electron chi connectivity index (χ0n) is 20.2. The Balaban J connectivity index is 1.54. The number of likely N-dealkylation sites (tertiary alicyclic amines) is 1. The van der Waals surface area contributed by atoms with Crippen LogP contribution in [0.2, 0.25) is 0 Å². The molecule has 0 unspecified atom stereocenters. The van der Waals surface area contributed by atoms with Gasteiger partial charge in [0.15, 0.2) is 5.78 Å². The highest BCUT2D eigenvalue weighted by molar-refractivity contribution is 5.96. The van der Waals surface area contributed by atoms with Gasteiger partial charge >= 0.3 is 6.18 Å². The van der Waals surface area contributed by atoms with Crippen LogP contribution in [0.3, 0.4) is 0 Å². The SMILES string of the molecule is CC(C)(C)c1cc(C(=O)Cc2cccc(C(F)(F)F)c2)nc(N2CCC(N3CCCC3)CC2)n1. The molecule has 4 rings (SSSR count). The average molecular weight is 475 g/mol. The van der Waals surface area contributed by atoms with E-state index in [1.807, 2.05) is 20.8 Å². The molecule has 184 valence electrons. The zero-order valence-corrected chi connectivity index (χ0v) is 20.2. The molecule has 0 radical (unpaired) electrons. The largest absolute Gasteiger partial charge is 0.416 e. The first kappa shape index (κ1) is 24.6. The van der Waals surface area contributed by atoms with Crippen LogP contribution in [0.4, 0.5) is 19.1 Å². The lowest BCUT2D eigenvalue weighted by Crippen LogP contribution is -2.44. The van der Waals surface area contributed by atoms with Gasteiger partial charge in [0.2, 0.25) is 5.95 Å². The number of ketones is 1. The predicted molar refractivity (Wildman–Crippen MR) is 126 cm³/mol. The van der Waals surface area contributed by atoms with Crippen LogP contribution < -0.4 is 4.90 Å². The number of alkyl halides is 3. The Morgan fingerprint density at radius 1 is 1.00 bits per heavy atom. The van der Waals surface area contributed by atoms with Gasteiger partial charge in [-0.15, -0.1) is 0 Å². The van der Waals surface area contributed by atoms with E-state index in [1.165, 1.54) is 32.0 Å². The molecular formula is C26H33F3N4O. The lowest BCUT2D eigenvalue weighted by molar-refractivity contribution is -0.137. The van der Waals surface area contributed by atoms with E-state index >= 15 is 0 Å². The molecule has 3 heterocycles. The van der Waals surface area contributed by atoms with E-state index in [1.54, 1.807) is 12.1 Å². The van der Waals surface area contributed by atoms with Gasteiger partial charge in [-0.2, -0.15) is 13.2 Å². The number of Topliss-reactive ketones (excluding diaryl/α,β-unsaturated/α-hetero) is 1. The van der Waals surface area contributed by atoms with Crippen molar-refractivity contribution in [3.05, 3.63) is 52.8 Å². The van der Waals surface area contributed by atoms with Crippen LogP contribution in [0.5, 0.6) is 0 Å². The molecule has 2 saturated heterocycles. The molecule has 0 aliphatic carbocycles. The number of anilines is 1. The second-order valence-corrected chi connectivity index (χ2v) is 10.4. The van der Waals surface area contributed by atoms with Crippen LogP contribution >= 0.6 is 0 Å². The summed E-state index contributed by atoms with van der Waals surface area (Å²) in [6.45, 7) is 10.1. The molecule has 2 aliphatic heterocycles. The second kappa shape index (κ2) is 9.64. The maximum atomic E-state index is 13.1. The highest BCUT2D eigenvalue weighted by Crippen LogP contribution is 2.30. The van der Waals surface area contributed by atoms with Crippen molar-refractivity contribution in [1.82, 2.24) is 14.9 Å². The van der Waals surface area contributed by atoms with Crippen LogP contribution in [0, 0.1) is 0 Å². The fourth-order valence-corrected chi connectivity index (χ4v) is 4.77. The van der Waals surface area contributed by atoms with E-state index in [9.17, 15) is 18.0 Å². The van der Waals surface area contributed by atoms with Crippen molar-refractivity contribution in [3.8, 4) is 0 Å². The zero-order chi connectivity index (χ0) is 24.5. The minimum absolute atomic E-state index is 0.138. The summed E-state index contributed by atoms with van der Waals surface area (Å²) in [6, 6.07) is 7.21. The summed E-state index contributed by atoms with van der Waals surface area (Å²) in [4.78, 5) is 27.2. The Morgan fingerprint density at radius 2 is 1.68 bits per heavy atom. The van der Waals surface area contributed by atoms with Gasteiger partial charge in [-0.05, 0) is 56.5 Å². The predicted octanol–water partition coefficient (Wildman–Crippen LogP) is 5.28. The summed E-state index contributed by atoms with van der Waals surface area (Å²) in [7, 11) is 0. The van der Waals surface area contributed by atoms with Gasteiger partial charge in [0, 0.05) is 31.0 Å². The van der Waals surface area contributed by atoms with Gasteiger partial charge in [-0.25, -0.2) is 9.97 Å². The molecule has 1 aromatic heterocycles. The van der Waals surface area contributed by atoms with Crippen LogP contribution in [0.15, 0.2) is 30.3 Å². The maximum Gasteiger partial charge on any atom is 0.416 e. The normalized spacial score (nSPS) is 18.5. The molecule has 0 spiro atoms. The Labute approximate surface area is 199 Å². The smallest absolute Gasteiger partial charge is 0.341 e. The number of carbonyl (C=O) groups excluding carboxylic acids is 1. The Kier molecular flexibility index (Phi) is 6.99. The quantitative estimate of drug-likeness (QED) is 0.552. The molecule has 0 N–H and O–H groups in total. The molecule has 2 aromatic rings. The van der Waals surface area contributed by atoms with Crippen molar-refractivity contribution in [1.29, 1.82) is 0 Å². The number of hydrogen-bond donors (Lipinski definition) is 0. The standard InChI is InChI=1S/C26H33F3N4O/c1-25(2,3)23-17-21(22(34)16-18-7-6-8-19(15-18)26(27,28)29)30-24(31-23)33-13-9-20(10-14-33)32-11-4-5-12-32/h6-8,15,17,20H,4-5,9-14,16H2,1-3H3. The van der Waals surface area contributed by atoms with Crippen molar-refractivity contribution >= 4 is 11.7 Å². The molecule has 1 aromatic carbocycles. The number of hydrogen-bond acceptors (Lipinski definition) is 5. The molecule has 2 aliphatic rings. The Morgan fingerprint density at radius 3 is 2.29 bits per heavy atom. The first-order valence-electron chi connectivity index (χ1n) is 12.1. The van der Waals surface area contributed by atoms with E-state index < -0.39 is 11.7 Å². The Hall–Kier alpha value is -2.48. The number of carbonyl (C=O) groups is 1. The average Bonchev–Trinajstić information content (AvgIpc) is 3.33. The maximum absolute atomic E-state index is 13.1. The molecule has 0 bridgehead atoms. The second-order valence-electron chi connectivity index (χ2n) is 10.4. The van der Waals surface area contributed by atoms with Gasteiger partial charge in [0.05, 0.1) is 11.3 Å². The molecule has 0 amide bonds. The topological polar surface area (TPSA) is 49.3 Å². The van der Waals surface area contributed by atoms with Gasteiger partial charge in [0.25, 0.3) is 0 Å². The minimum atomic E-state index is -4.44. The monoisotopic (exact) mass is 474 g/mol. The van der Waals surface area contributed by atoms with E-state index in [2.05, 4.69) is 14.8 Å². The lowest BCUT2D eigenvalue weighted by atomic mass is 9.91. The van der Waals surface area contributed by atoms with Crippen molar-refractivity contribution in [3.63, 3.8) is 0 Å². The summed E-state index contributed by atoms with van der Waals surface area (Å²) in [6.07, 6.45) is 0.0403. The van der Waals surface area contributed by atoms with Crippen molar-refractivity contribution in [2.75, 3.05) is 31.1 Å². The number of rotatable bonds is 5. The van der Waals surface area contributed by atoms with Crippen LogP contribution in [0.1, 0.15) is 73.8 Å². The van der Waals surface area contributed by atoms with E-state index in [0.29, 0.717) is 17.6 Å². The van der Waals surface area contributed by atoms with Gasteiger partial charge < -0.3 is 9.80 Å². The third-order valence-corrected chi connectivity index (χ3v) is 6.79. The van der Waals surface area contributed by atoms with Crippen LogP contribution in [-0.4, -0.2) is 52.9 Å². The van der Waals surface area contributed by atoms with E-state index in [0.717, 1.165) is 43.8 Å². The molecule has 34 heavy (non-hydrogen) atoms. The van der Waals surface area contributed by atoms with Crippen molar-refractivity contribution < 1.29 is 18.0 Å². The summed E-state index contributed by atoms with van der Waals surface area (Å²) in [5.74, 6) is 0.236. The van der Waals surface area contributed by atoms with Crippen molar-refractivity contribution in [2.45, 2.75) is 70.5 Å². The van der Waals surface area contributed by atoms with Crippen LogP contribution in [0.25, 0.3) is 0 Å². The first-order chi connectivity index (χ1) is 16.0. The molecule has 5 nitrogen and oxygen atoms in total. The van der Waals surface area contributed by atoms with Crippen LogP contribution in [-0.2, 0) is 18.0 Å². The number of benzene rings is 1. The van der Waals surface area contributed by atoms with Crippen molar-refractivity contribution in [2.24, 2.45) is 0 Å². The molecule has 8 heteroatoms. The highest BCUT2D eigenvalue weighted by Gasteiger charge is 2.31. The molecule has 0 atom stereocenters. The van der Waals surface area contributed by atoms with E-state index in [4.69, 9.17) is 4.98 Å². The number of aromatic nitrogens is 2. The number of halogens is 3. The van der Waals surface area contributed by atoms with Gasteiger partial charge in [-0.1, -0.05) is 39.0 Å². The molecule has 0 saturated carbocycles. The number of piperidine rings is 1. The third-order valence-electron chi connectivity index (χ3n) is 6.79. The summed E-state index contributed by atoms with van der Waals surface area (Å²) < 4.78 is 39.3. The Bertz CT molecular complexity index is 1020.